The highest BCUT2D eigenvalue weighted by Crippen LogP contribution is 2.24. The van der Waals surface area contributed by atoms with E-state index >= 15 is 0 Å². The van der Waals surface area contributed by atoms with Crippen molar-refractivity contribution in [3.63, 3.8) is 0 Å². The van der Waals surface area contributed by atoms with Gasteiger partial charge in [-0.25, -0.2) is 4.52 Å². The van der Waals surface area contributed by atoms with Crippen LogP contribution in [0.1, 0.15) is 41.9 Å². The minimum atomic E-state index is 0.100. The fourth-order valence-corrected chi connectivity index (χ4v) is 2.28. The summed E-state index contributed by atoms with van der Waals surface area (Å²) in [5, 5.41) is 4.99. The lowest BCUT2D eigenvalue weighted by molar-refractivity contribution is 0.0989. The molecular formula is C13H15ClN2O. The molecule has 0 bridgehead atoms. The molecule has 2 rings (SSSR count). The highest BCUT2D eigenvalue weighted by molar-refractivity contribution is 6.31. The van der Waals surface area contributed by atoms with Gasteiger partial charge in [-0.05, 0) is 25.0 Å². The number of rotatable bonds is 3. The van der Waals surface area contributed by atoms with Crippen LogP contribution in [0.15, 0.2) is 12.3 Å². The molecule has 0 atom stereocenters. The quantitative estimate of drug-likeness (QED) is 0.782. The third kappa shape index (κ3) is 1.95. The molecule has 2 aromatic heterocycles. The second-order valence-corrected chi connectivity index (χ2v) is 4.50. The van der Waals surface area contributed by atoms with E-state index in [0.717, 1.165) is 23.2 Å². The van der Waals surface area contributed by atoms with E-state index in [2.05, 4.69) is 12.0 Å². The lowest BCUT2D eigenvalue weighted by atomic mass is 10.1. The van der Waals surface area contributed by atoms with E-state index in [9.17, 15) is 4.79 Å². The molecule has 2 heterocycles. The minimum Gasteiger partial charge on any atom is -0.294 e. The standard InChI is InChI=1S/C13H15ClN2O/c1-4-11-8(3)13-10(12(17)5-2)6-9(14)7-16(13)15-11/h6-7H,4-5H2,1-3H3. The van der Waals surface area contributed by atoms with Gasteiger partial charge in [-0.3, -0.25) is 4.79 Å². The number of nitrogens with zero attached hydrogens (tertiary/aromatic N) is 2. The van der Waals surface area contributed by atoms with Crippen molar-refractivity contribution in [2.45, 2.75) is 33.6 Å². The Balaban J connectivity index is 2.81. The van der Waals surface area contributed by atoms with E-state index in [0.29, 0.717) is 17.0 Å². The Morgan fingerprint density at radius 1 is 1.47 bits per heavy atom. The Morgan fingerprint density at radius 3 is 2.76 bits per heavy atom. The van der Waals surface area contributed by atoms with Crippen molar-refractivity contribution < 1.29 is 4.79 Å². The fourth-order valence-electron chi connectivity index (χ4n) is 2.08. The van der Waals surface area contributed by atoms with Gasteiger partial charge in [-0.15, -0.1) is 0 Å². The molecule has 0 saturated carbocycles. The first kappa shape index (κ1) is 12.1. The third-order valence-corrected chi connectivity index (χ3v) is 3.19. The van der Waals surface area contributed by atoms with E-state index in [4.69, 9.17) is 11.6 Å². The Morgan fingerprint density at radius 2 is 2.18 bits per heavy atom. The first-order valence-corrected chi connectivity index (χ1v) is 6.16. The number of pyridine rings is 1. The number of carbonyl (C=O) groups is 1. The van der Waals surface area contributed by atoms with Crippen molar-refractivity contribution in [1.29, 1.82) is 0 Å². The van der Waals surface area contributed by atoms with Crippen LogP contribution in [-0.4, -0.2) is 15.4 Å². The second kappa shape index (κ2) is 4.49. The van der Waals surface area contributed by atoms with E-state index in [1.165, 1.54) is 0 Å². The predicted octanol–water partition coefficient (Wildman–Crippen LogP) is 3.45. The maximum absolute atomic E-state index is 11.9. The molecule has 0 N–H and O–H groups in total. The van der Waals surface area contributed by atoms with Crippen LogP contribution >= 0.6 is 11.6 Å². The number of fused-ring (bicyclic) bond motifs is 1. The molecule has 0 aliphatic carbocycles. The van der Waals surface area contributed by atoms with Crippen molar-refractivity contribution in [3.05, 3.63) is 34.1 Å². The van der Waals surface area contributed by atoms with Gasteiger partial charge in [0.2, 0.25) is 0 Å². The van der Waals surface area contributed by atoms with Crippen molar-refractivity contribution in [2.24, 2.45) is 0 Å². The summed E-state index contributed by atoms with van der Waals surface area (Å²) in [5.74, 6) is 0.100. The van der Waals surface area contributed by atoms with Crippen molar-refractivity contribution >= 4 is 22.9 Å². The molecule has 17 heavy (non-hydrogen) atoms. The van der Waals surface area contributed by atoms with Gasteiger partial charge >= 0.3 is 0 Å². The zero-order valence-corrected chi connectivity index (χ0v) is 11.0. The predicted molar refractivity (Wildman–Crippen MR) is 68.9 cm³/mol. The number of aryl methyl sites for hydroxylation is 2. The molecule has 0 amide bonds. The maximum Gasteiger partial charge on any atom is 0.164 e. The summed E-state index contributed by atoms with van der Waals surface area (Å²) in [5.41, 5.74) is 3.64. The Bertz CT molecular complexity index is 587. The van der Waals surface area contributed by atoms with Gasteiger partial charge in [0, 0.05) is 18.2 Å². The lowest BCUT2D eigenvalue weighted by Gasteiger charge is -2.03. The number of aromatic nitrogens is 2. The van der Waals surface area contributed by atoms with E-state index in [-0.39, 0.29) is 5.78 Å². The zero-order chi connectivity index (χ0) is 12.6. The van der Waals surface area contributed by atoms with Gasteiger partial charge in [0.05, 0.1) is 16.2 Å². The number of ketones is 1. The van der Waals surface area contributed by atoms with Gasteiger partial charge < -0.3 is 0 Å². The number of halogens is 1. The largest absolute Gasteiger partial charge is 0.294 e. The summed E-state index contributed by atoms with van der Waals surface area (Å²) >= 11 is 6.02. The van der Waals surface area contributed by atoms with Crippen LogP contribution < -0.4 is 0 Å². The summed E-state index contributed by atoms with van der Waals surface area (Å²) in [7, 11) is 0. The number of hydrogen-bond donors (Lipinski definition) is 0. The zero-order valence-electron chi connectivity index (χ0n) is 10.2. The third-order valence-electron chi connectivity index (χ3n) is 2.98. The molecule has 0 unspecified atom stereocenters. The number of carbonyl (C=O) groups excluding carboxylic acids is 1. The average Bonchev–Trinajstić information content (AvgIpc) is 2.63. The molecule has 0 aliphatic rings. The highest BCUT2D eigenvalue weighted by Gasteiger charge is 2.16. The molecule has 0 fully saturated rings. The molecule has 0 aliphatic heterocycles. The molecule has 0 aromatic carbocycles. The van der Waals surface area contributed by atoms with E-state index in [1.54, 1.807) is 16.8 Å². The average molecular weight is 251 g/mol. The number of hydrogen-bond acceptors (Lipinski definition) is 2. The van der Waals surface area contributed by atoms with Crippen LogP contribution in [-0.2, 0) is 6.42 Å². The van der Waals surface area contributed by atoms with Crippen molar-refractivity contribution in [2.75, 3.05) is 0 Å². The Labute approximate surface area is 105 Å². The number of Topliss-reactive ketones (excluding diaryl/α,β-unsaturated/α-hetero) is 1. The van der Waals surface area contributed by atoms with Gasteiger partial charge in [0.25, 0.3) is 0 Å². The molecule has 0 spiro atoms. The van der Waals surface area contributed by atoms with Crippen LogP contribution in [0.2, 0.25) is 5.02 Å². The first-order chi connectivity index (χ1) is 8.08. The molecule has 90 valence electrons. The maximum atomic E-state index is 11.9. The Hall–Kier alpha value is -1.35. The normalized spacial score (nSPS) is 11.1. The molecule has 3 nitrogen and oxygen atoms in total. The summed E-state index contributed by atoms with van der Waals surface area (Å²) in [4.78, 5) is 11.9. The van der Waals surface area contributed by atoms with Gasteiger partial charge in [-0.1, -0.05) is 25.4 Å². The molecular weight excluding hydrogens is 236 g/mol. The second-order valence-electron chi connectivity index (χ2n) is 4.07. The van der Waals surface area contributed by atoms with Crippen molar-refractivity contribution in [1.82, 2.24) is 9.61 Å². The summed E-state index contributed by atoms with van der Waals surface area (Å²) in [6.07, 6.45) is 3.07. The fraction of sp³-hybridized carbons (Fsp3) is 0.385. The monoisotopic (exact) mass is 250 g/mol. The van der Waals surface area contributed by atoms with Crippen LogP contribution in [0.3, 0.4) is 0 Å². The van der Waals surface area contributed by atoms with E-state index < -0.39 is 0 Å². The van der Waals surface area contributed by atoms with Crippen LogP contribution in [0, 0.1) is 6.92 Å². The van der Waals surface area contributed by atoms with Crippen LogP contribution in [0.5, 0.6) is 0 Å². The van der Waals surface area contributed by atoms with Crippen LogP contribution in [0.4, 0.5) is 0 Å². The van der Waals surface area contributed by atoms with Crippen molar-refractivity contribution in [3.8, 4) is 0 Å². The topological polar surface area (TPSA) is 34.4 Å². The molecule has 0 radical (unpaired) electrons. The smallest absolute Gasteiger partial charge is 0.164 e. The summed E-state index contributed by atoms with van der Waals surface area (Å²) in [6, 6.07) is 1.73. The van der Waals surface area contributed by atoms with Crippen LogP contribution in [0.25, 0.3) is 5.52 Å². The van der Waals surface area contributed by atoms with Gasteiger partial charge in [0.15, 0.2) is 5.78 Å². The summed E-state index contributed by atoms with van der Waals surface area (Å²) < 4.78 is 1.72. The van der Waals surface area contributed by atoms with Gasteiger partial charge in [-0.2, -0.15) is 5.10 Å². The van der Waals surface area contributed by atoms with Gasteiger partial charge in [0.1, 0.15) is 0 Å². The van der Waals surface area contributed by atoms with E-state index in [1.807, 2.05) is 13.8 Å². The molecule has 2 aromatic rings. The lowest BCUT2D eigenvalue weighted by Crippen LogP contribution is -2.01. The summed E-state index contributed by atoms with van der Waals surface area (Å²) in [6.45, 7) is 5.91. The first-order valence-electron chi connectivity index (χ1n) is 5.79. The minimum absolute atomic E-state index is 0.100. The Kier molecular flexibility index (Phi) is 3.20. The molecule has 0 saturated heterocycles. The highest BCUT2D eigenvalue weighted by atomic mass is 35.5. The molecule has 4 heteroatoms. The SMILES string of the molecule is CCC(=O)c1cc(Cl)cn2nc(CC)c(C)c12.